The normalized spacial score (nSPS) is 19.0. The molecule has 2 aromatic heterocycles. The summed E-state index contributed by atoms with van der Waals surface area (Å²) >= 11 is 6.76. The Hall–Kier alpha value is -2.19. The average Bonchev–Trinajstić information content (AvgIpc) is 3.04. The number of unbranched alkanes of at least 4 members (excludes halogenated alkanes) is 2. The summed E-state index contributed by atoms with van der Waals surface area (Å²) in [5.74, 6) is 1.23. The molecule has 32 heavy (non-hydrogen) atoms. The predicted molar refractivity (Wildman–Crippen MR) is 136 cm³/mol. The van der Waals surface area contributed by atoms with E-state index in [-0.39, 0.29) is 11.5 Å². The van der Waals surface area contributed by atoms with Crippen molar-refractivity contribution in [2.45, 2.75) is 52.9 Å². The van der Waals surface area contributed by atoms with Crippen LogP contribution in [0.2, 0.25) is 0 Å². The number of amides is 1. The first-order chi connectivity index (χ1) is 15.4. The Kier molecular flexibility index (Phi) is 7.00. The monoisotopic (exact) mass is 470 g/mol. The molecule has 2 fully saturated rings. The van der Waals surface area contributed by atoms with E-state index in [4.69, 9.17) is 17.2 Å². The fourth-order valence-corrected chi connectivity index (χ4v) is 5.52. The van der Waals surface area contributed by atoms with Gasteiger partial charge in [0.2, 0.25) is 0 Å². The van der Waals surface area contributed by atoms with Crippen LogP contribution in [0.1, 0.15) is 57.1 Å². The van der Waals surface area contributed by atoms with Crippen molar-refractivity contribution in [1.82, 2.24) is 14.3 Å². The first-order valence-electron chi connectivity index (χ1n) is 11.4. The van der Waals surface area contributed by atoms with Crippen molar-refractivity contribution >= 4 is 51.7 Å². The van der Waals surface area contributed by atoms with Crippen molar-refractivity contribution in [3.63, 3.8) is 0 Å². The summed E-state index contributed by atoms with van der Waals surface area (Å²) in [5.41, 5.74) is 1.93. The molecule has 2 aliphatic rings. The second-order valence-electron chi connectivity index (χ2n) is 8.75. The quantitative estimate of drug-likeness (QED) is 0.349. The van der Waals surface area contributed by atoms with E-state index in [0.717, 1.165) is 50.8 Å². The molecule has 0 unspecified atom stereocenters. The number of aromatic nitrogens is 2. The molecule has 8 heteroatoms. The van der Waals surface area contributed by atoms with Crippen molar-refractivity contribution in [3.05, 3.63) is 44.7 Å². The van der Waals surface area contributed by atoms with Crippen molar-refractivity contribution in [2.75, 3.05) is 24.5 Å². The molecule has 0 aliphatic carbocycles. The number of rotatable bonds is 6. The van der Waals surface area contributed by atoms with Crippen molar-refractivity contribution in [2.24, 2.45) is 5.92 Å². The van der Waals surface area contributed by atoms with Crippen molar-refractivity contribution in [3.8, 4) is 0 Å². The van der Waals surface area contributed by atoms with Crippen molar-refractivity contribution in [1.29, 1.82) is 0 Å². The molecule has 2 aromatic rings. The van der Waals surface area contributed by atoms with Gasteiger partial charge >= 0.3 is 0 Å². The lowest BCUT2D eigenvalue weighted by Crippen LogP contribution is -2.36. The van der Waals surface area contributed by atoms with Crippen LogP contribution < -0.4 is 10.5 Å². The number of carbonyl (C=O) groups is 1. The highest BCUT2D eigenvalue weighted by atomic mass is 32.2. The van der Waals surface area contributed by atoms with E-state index in [9.17, 15) is 9.59 Å². The number of thioether (sulfide) groups is 1. The zero-order valence-corrected chi connectivity index (χ0v) is 20.6. The maximum absolute atomic E-state index is 13.6. The standard InChI is InChI=1S/C24H30N4O2S2/c1-4-5-6-11-28-23(30)19(32-24(28)31)15-18-21(26-13-9-16(2)10-14-26)25-20-17(3)8-7-12-27(20)22(18)29/h7-8,12,15-16H,4-6,9-11,13-14H2,1-3H3/b19-15-. The van der Waals surface area contributed by atoms with Gasteiger partial charge in [-0.25, -0.2) is 4.98 Å². The predicted octanol–water partition coefficient (Wildman–Crippen LogP) is 4.63. The number of piperidine rings is 1. The van der Waals surface area contributed by atoms with E-state index in [0.29, 0.717) is 38.7 Å². The van der Waals surface area contributed by atoms with Gasteiger partial charge in [0.1, 0.15) is 15.8 Å². The average molecular weight is 471 g/mol. The molecule has 0 atom stereocenters. The van der Waals surface area contributed by atoms with Crippen LogP contribution in [-0.4, -0.2) is 44.1 Å². The molecule has 0 N–H and O–H groups in total. The van der Waals surface area contributed by atoms with Crippen LogP contribution in [0.3, 0.4) is 0 Å². The highest BCUT2D eigenvalue weighted by molar-refractivity contribution is 8.26. The van der Waals surface area contributed by atoms with Gasteiger partial charge in [-0.1, -0.05) is 56.7 Å². The second kappa shape index (κ2) is 9.75. The van der Waals surface area contributed by atoms with Gasteiger partial charge in [0.15, 0.2) is 0 Å². The first-order valence-corrected chi connectivity index (χ1v) is 12.7. The Balaban J connectivity index is 1.78. The number of hydrogen-bond donors (Lipinski definition) is 0. The molecule has 170 valence electrons. The number of hydrogen-bond acceptors (Lipinski definition) is 6. The molecule has 1 amide bonds. The molecule has 4 heterocycles. The molecule has 0 aromatic carbocycles. The third-order valence-electron chi connectivity index (χ3n) is 6.28. The van der Waals surface area contributed by atoms with Crippen LogP contribution in [0.5, 0.6) is 0 Å². The second-order valence-corrected chi connectivity index (χ2v) is 10.4. The lowest BCUT2D eigenvalue weighted by Gasteiger charge is -2.32. The van der Waals surface area contributed by atoms with Crippen molar-refractivity contribution < 1.29 is 4.79 Å². The SMILES string of the molecule is CCCCCN1C(=O)/C(=C/c2c(N3CCC(C)CC3)nc3c(C)cccn3c2=O)SC1=S. The van der Waals surface area contributed by atoms with Gasteiger partial charge < -0.3 is 4.90 Å². The molecular formula is C24H30N4O2S2. The zero-order chi connectivity index (χ0) is 22.8. The van der Waals surface area contributed by atoms with Crippen LogP contribution in [-0.2, 0) is 4.79 Å². The Morgan fingerprint density at radius 2 is 2.00 bits per heavy atom. The van der Waals surface area contributed by atoms with Crippen LogP contribution in [0, 0.1) is 12.8 Å². The molecule has 2 saturated heterocycles. The topological polar surface area (TPSA) is 57.9 Å². The fraction of sp³-hybridized carbons (Fsp3) is 0.500. The molecular weight excluding hydrogens is 440 g/mol. The molecule has 0 bridgehead atoms. The maximum Gasteiger partial charge on any atom is 0.267 e. The van der Waals surface area contributed by atoms with E-state index in [2.05, 4.69) is 18.7 Å². The summed E-state index contributed by atoms with van der Waals surface area (Å²) in [6.07, 6.45) is 8.66. The van der Waals surface area contributed by atoms with Gasteiger partial charge in [-0.3, -0.25) is 18.9 Å². The van der Waals surface area contributed by atoms with E-state index >= 15 is 0 Å². The molecule has 0 spiro atoms. The van der Waals surface area contributed by atoms with E-state index < -0.39 is 0 Å². The minimum absolute atomic E-state index is 0.108. The summed E-state index contributed by atoms with van der Waals surface area (Å²) in [5, 5.41) is 0. The van der Waals surface area contributed by atoms with Crippen LogP contribution >= 0.6 is 24.0 Å². The van der Waals surface area contributed by atoms with Gasteiger partial charge in [0.25, 0.3) is 11.5 Å². The minimum atomic E-state index is -0.149. The third kappa shape index (κ3) is 4.48. The molecule has 0 saturated carbocycles. The fourth-order valence-electron chi connectivity index (χ4n) is 4.23. The molecule has 0 radical (unpaired) electrons. The lowest BCUT2D eigenvalue weighted by molar-refractivity contribution is -0.122. The van der Waals surface area contributed by atoms with Gasteiger partial charge in [-0.2, -0.15) is 0 Å². The van der Waals surface area contributed by atoms with Gasteiger partial charge in [-0.05, 0) is 49.8 Å². The lowest BCUT2D eigenvalue weighted by atomic mass is 9.99. The number of carbonyl (C=O) groups excluding carboxylic acids is 1. The van der Waals surface area contributed by atoms with E-state index in [1.807, 2.05) is 19.1 Å². The highest BCUT2D eigenvalue weighted by Crippen LogP contribution is 2.34. The number of pyridine rings is 1. The van der Waals surface area contributed by atoms with Crippen LogP contribution in [0.15, 0.2) is 28.0 Å². The number of fused-ring (bicyclic) bond motifs is 1. The third-order valence-corrected chi connectivity index (χ3v) is 7.66. The Morgan fingerprint density at radius 3 is 2.72 bits per heavy atom. The first kappa shape index (κ1) is 23.0. The summed E-state index contributed by atoms with van der Waals surface area (Å²) < 4.78 is 2.15. The Bertz CT molecular complexity index is 1130. The van der Waals surface area contributed by atoms with Crippen LogP contribution in [0.4, 0.5) is 5.82 Å². The minimum Gasteiger partial charge on any atom is -0.356 e. The van der Waals surface area contributed by atoms with E-state index in [1.54, 1.807) is 21.6 Å². The van der Waals surface area contributed by atoms with Gasteiger partial charge in [0.05, 0.1) is 10.5 Å². The Morgan fingerprint density at radius 1 is 1.25 bits per heavy atom. The highest BCUT2D eigenvalue weighted by Gasteiger charge is 2.32. The van der Waals surface area contributed by atoms with Gasteiger partial charge in [0, 0.05) is 25.8 Å². The largest absolute Gasteiger partial charge is 0.356 e. The summed E-state index contributed by atoms with van der Waals surface area (Å²) in [6, 6.07) is 3.82. The van der Waals surface area contributed by atoms with E-state index in [1.165, 1.54) is 11.8 Å². The summed E-state index contributed by atoms with van der Waals surface area (Å²) in [7, 11) is 0. The Labute approximate surface area is 198 Å². The number of nitrogens with zero attached hydrogens (tertiary/aromatic N) is 4. The molecule has 6 nitrogen and oxygen atoms in total. The van der Waals surface area contributed by atoms with Gasteiger partial charge in [-0.15, -0.1) is 0 Å². The number of anilines is 1. The molecule has 4 rings (SSSR count). The number of thiocarbonyl (C=S) groups is 1. The summed E-state index contributed by atoms with van der Waals surface area (Å²) in [4.78, 5) is 35.9. The zero-order valence-electron chi connectivity index (χ0n) is 19.0. The maximum atomic E-state index is 13.6. The summed E-state index contributed by atoms with van der Waals surface area (Å²) in [6.45, 7) is 8.69. The number of aryl methyl sites for hydroxylation is 1. The molecule has 2 aliphatic heterocycles. The van der Waals surface area contributed by atoms with Crippen LogP contribution in [0.25, 0.3) is 11.7 Å². The smallest absolute Gasteiger partial charge is 0.267 e.